The molecule has 11 heavy (non-hydrogen) atoms. The highest BCUT2D eigenvalue weighted by molar-refractivity contribution is 6.31. The second kappa shape index (κ2) is 2.61. The van der Waals surface area contributed by atoms with Crippen molar-refractivity contribution >= 4 is 7.55 Å². The van der Waals surface area contributed by atoms with E-state index in [1.54, 1.807) is 25.0 Å². The van der Waals surface area contributed by atoms with Crippen molar-refractivity contribution in [3.63, 3.8) is 0 Å². The lowest BCUT2D eigenvalue weighted by molar-refractivity contribution is 1.08. The summed E-state index contributed by atoms with van der Waals surface area (Å²) in [6.45, 7) is 0. The van der Waals surface area contributed by atoms with Crippen molar-refractivity contribution in [2.45, 2.75) is 0 Å². The number of hydrogen-bond donors (Lipinski definition) is 0. The first-order chi connectivity index (χ1) is 5.45. The minimum Gasteiger partial charge on any atom is -0.364 e. The van der Waals surface area contributed by atoms with Gasteiger partial charge in [0.05, 0.1) is 12.7 Å². The van der Waals surface area contributed by atoms with E-state index in [9.17, 15) is 0 Å². The molecule has 0 N–H and O–H groups in total. The second-order valence-corrected chi connectivity index (χ2v) is 2.30. The summed E-state index contributed by atoms with van der Waals surface area (Å²) >= 11 is 0. The number of aromatic nitrogens is 4. The van der Waals surface area contributed by atoms with Crippen molar-refractivity contribution < 1.29 is 0 Å². The smallest absolute Gasteiger partial charge is 0.364 e. The lowest BCUT2D eigenvalue weighted by Crippen LogP contribution is -2.12. The lowest BCUT2D eigenvalue weighted by atomic mass is 10.2. The summed E-state index contributed by atoms with van der Waals surface area (Å²) in [6, 6.07) is 0. The molecule has 0 atom stereocenters. The summed E-state index contributed by atoms with van der Waals surface area (Å²) in [7, 11) is 0.778. The standard InChI is InChI=1S/C6H7BN4/c1-3-10(5-8-1)7-11-4-2-9-6-11/h1-7H. The Balaban J connectivity index is 2.14. The highest BCUT2D eigenvalue weighted by Crippen LogP contribution is 1.84. The van der Waals surface area contributed by atoms with Gasteiger partial charge in [0.1, 0.15) is 0 Å². The molecule has 2 heterocycles. The zero-order valence-corrected chi connectivity index (χ0v) is 5.96. The van der Waals surface area contributed by atoms with Crippen LogP contribution >= 0.6 is 0 Å². The van der Waals surface area contributed by atoms with E-state index in [4.69, 9.17) is 0 Å². The van der Waals surface area contributed by atoms with Gasteiger partial charge in [0.25, 0.3) is 0 Å². The van der Waals surface area contributed by atoms with E-state index in [0.29, 0.717) is 0 Å². The molecule has 0 saturated heterocycles. The highest BCUT2D eigenvalue weighted by Gasteiger charge is 1.93. The van der Waals surface area contributed by atoms with Crippen LogP contribution in [0.25, 0.3) is 0 Å². The molecule has 0 aliphatic heterocycles. The van der Waals surface area contributed by atoms with Gasteiger partial charge in [0, 0.05) is 24.8 Å². The molecule has 2 aromatic heterocycles. The zero-order chi connectivity index (χ0) is 7.52. The number of hydrogen-bond acceptors (Lipinski definition) is 2. The number of nitrogens with zero attached hydrogens (tertiary/aromatic N) is 4. The minimum atomic E-state index is 0.778. The van der Waals surface area contributed by atoms with Gasteiger partial charge in [-0.05, 0) is 0 Å². The first-order valence-corrected chi connectivity index (χ1v) is 3.36. The maximum Gasteiger partial charge on any atom is 0.366 e. The van der Waals surface area contributed by atoms with Gasteiger partial charge in [-0.3, -0.25) is 0 Å². The molecule has 0 aromatic carbocycles. The van der Waals surface area contributed by atoms with Gasteiger partial charge < -0.3 is 8.96 Å². The van der Waals surface area contributed by atoms with Crippen LogP contribution in [-0.2, 0) is 0 Å². The second-order valence-electron chi connectivity index (χ2n) is 2.30. The molecular weight excluding hydrogens is 139 g/mol. The van der Waals surface area contributed by atoms with Crippen LogP contribution in [0.15, 0.2) is 37.4 Å². The highest BCUT2D eigenvalue weighted by atomic mass is 15.1. The summed E-state index contributed by atoms with van der Waals surface area (Å²) in [5, 5.41) is 0. The van der Waals surface area contributed by atoms with E-state index < -0.39 is 0 Å². The van der Waals surface area contributed by atoms with Crippen LogP contribution in [0.5, 0.6) is 0 Å². The SMILES string of the molecule is B(n1ccnc1)n1ccnc1. The quantitative estimate of drug-likeness (QED) is 0.547. The Morgan fingerprint density at radius 3 is 1.82 bits per heavy atom. The maximum absolute atomic E-state index is 3.93. The van der Waals surface area contributed by atoms with Gasteiger partial charge in [-0.2, -0.15) is 0 Å². The molecule has 0 spiro atoms. The van der Waals surface area contributed by atoms with Gasteiger partial charge in [0.2, 0.25) is 0 Å². The normalized spacial score (nSPS) is 9.82. The largest absolute Gasteiger partial charge is 0.366 e. The molecule has 0 aliphatic rings. The minimum absolute atomic E-state index is 0.778. The Morgan fingerprint density at radius 2 is 1.45 bits per heavy atom. The van der Waals surface area contributed by atoms with Crippen molar-refractivity contribution in [2.24, 2.45) is 0 Å². The molecule has 0 saturated carbocycles. The van der Waals surface area contributed by atoms with E-state index in [1.165, 1.54) is 0 Å². The van der Waals surface area contributed by atoms with Crippen LogP contribution in [0.2, 0.25) is 0 Å². The molecule has 5 heteroatoms. The molecule has 0 radical (unpaired) electrons. The molecule has 0 unspecified atom stereocenters. The Morgan fingerprint density at radius 1 is 0.909 bits per heavy atom. The molecule has 4 nitrogen and oxygen atoms in total. The van der Waals surface area contributed by atoms with Crippen LogP contribution in [0.4, 0.5) is 0 Å². The predicted octanol–water partition coefficient (Wildman–Crippen LogP) is -0.258. The van der Waals surface area contributed by atoms with Crippen molar-refractivity contribution in [1.82, 2.24) is 18.9 Å². The Hall–Kier alpha value is -1.52. The maximum atomic E-state index is 3.93. The molecule has 0 amide bonds. The van der Waals surface area contributed by atoms with Gasteiger partial charge in [0.15, 0.2) is 0 Å². The molecule has 0 fully saturated rings. The van der Waals surface area contributed by atoms with Crippen LogP contribution in [0.1, 0.15) is 0 Å². The fraction of sp³-hybridized carbons (Fsp3) is 0. The average molecular weight is 146 g/mol. The van der Waals surface area contributed by atoms with Gasteiger partial charge >= 0.3 is 7.55 Å². The van der Waals surface area contributed by atoms with E-state index >= 15 is 0 Å². The Labute approximate surface area is 64.8 Å². The van der Waals surface area contributed by atoms with Crippen LogP contribution in [0.3, 0.4) is 0 Å². The first kappa shape index (κ1) is 6.21. The van der Waals surface area contributed by atoms with E-state index in [2.05, 4.69) is 9.97 Å². The topological polar surface area (TPSA) is 35.6 Å². The third-order valence-electron chi connectivity index (χ3n) is 1.44. The average Bonchev–Trinajstić information content (AvgIpc) is 2.60. The lowest BCUT2D eigenvalue weighted by Gasteiger charge is -1.97. The summed E-state index contributed by atoms with van der Waals surface area (Å²) in [4.78, 5) is 7.86. The van der Waals surface area contributed by atoms with Crippen molar-refractivity contribution in [3.8, 4) is 0 Å². The molecule has 2 rings (SSSR count). The van der Waals surface area contributed by atoms with E-state index in [1.807, 2.05) is 21.3 Å². The van der Waals surface area contributed by atoms with Crippen molar-refractivity contribution in [3.05, 3.63) is 37.4 Å². The third-order valence-corrected chi connectivity index (χ3v) is 1.44. The van der Waals surface area contributed by atoms with Gasteiger partial charge in [-0.25, -0.2) is 9.97 Å². The predicted molar refractivity (Wildman–Crippen MR) is 42.4 cm³/mol. The Kier molecular flexibility index (Phi) is 1.48. The third kappa shape index (κ3) is 1.31. The molecule has 2 aromatic rings. The molecule has 0 aliphatic carbocycles. The van der Waals surface area contributed by atoms with Gasteiger partial charge in [-0.15, -0.1) is 0 Å². The van der Waals surface area contributed by atoms with Crippen LogP contribution in [0, 0.1) is 0 Å². The summed E-state index contributed by atoms with van der Waals surface area (Å²) in [5.74, 6) is 0. The molecule has 0 bridgehead atoms. The van der Waals surface area contributed by atoms with Crippen molar-refractivity contribution in [1.29, 1.82) is 0 Å². The van der Waals surface area contributed by atoms with Crippen LogP contribution < -0.4 is 0 Å². The van der Waals surface area contributed by atoms with E-state index in [0.717, 1.165) is 7.55 Å². The first-order valence-electron chi connectivity index (χ1n) is 3.36. The van der Waals surface area contributed by atoms with E-state index in [-0.39, 0.29) is 0 Å². The Bertz CT molecular complexity index is 267. The fourth-order valence-corrected chi connectivity index (χ4v) is 0.929. The number of imidazole rings is 2. The summed E-state index contributed by atoms with van der Waals surface area (Å²) < 4.78 is 3.95. The molecular formula is C6H7BN4. The van der Waals surface area contributed by atoms with Crippen LogP contribution in [-0.4, -0.2) is 26.5 Å². The fourth-order valence-electron chi connectivity index (χ4n) is 0.929. The zero-order valence-electron chi connectivity index (χ0n) is 5.96. The number of rotatable bonds is 2. The van der Waals surface area contributed by atoms with Crippen molar-refractivity contribution in [2.75, 3.05) is 0 Å². The van der Waals surface area contributed by atoms with Gasteiger partial charge in [-0.1, -0.05) is 0 Å². The summed E-state index contributed by atoms with van der Waals surface area (Å²) in [6.07, 6.45) is 10.9. The monoisotopic (exact) mass is 146 g/mol. The molecule has 54 valence electrons. The summed E-state index contributed by atoms with van der Waals surface area (Å²) in [5.41, 5.74) is 0.